The quantitative estimate of drug-likeness (QED) is 0.593. The number of rotatable bonds is 2. The van der Waals surface area contributed by atoms with Gasteiger partial charge in [-0.3, -0.25) is 0 Å². The predicted molar refractivity (Wildman–Crippen MR) is 53.1 cm³/mol. The Morgan fingerprint density at radius 3 is 2.75 bits per heavy atom. The summed E-state index contributed by atoms with van der Waals surface area (Å²) in [5.41, 5.74) is 0.396. The average Bonchev–Trinajstić information content (AvgIpc) is 2.49. The summed E-state index contributed by atoms with van der Waals surface area (Å²) in [6.45, 7) is 3.62. The summed E-state index contributed by atoms with van der Waals surface area (Å²) in [7, 11) is 1.34. The van der Waals surface area contributed by atoms with Crippen LogP contribution in [0.1, 0.15) is 4.88 Å². The van der Waals surface area contributed by atoms with E-state index in [-0.39, 0.29) is 5.97 Å². The van der Waals surface area contributed by atoms with Crippen molar-refractivity contribution >= 4 is 38.8 Å². The SMILES string of the molecule is C=C(C(=O)OC)c1ccc(Br)s1. The fourth-order valence-corrected chi connectivity index (χ4v) is 2.04. The van der Waals surface area contributed by atoms with Gasteiger partial charge in [-0.2, -0.15) is 0 Å². The highest BCUT2D eigenvalue weighted by Crippen LogP contribution is 2.27. The second-order valence-corrected chi connectivity index (χ2v) is 4.54. The molecule has 0 N–H and O–H groups in total. The molecule has 64 valence electrons. The molecule has 0 amide bonds. The number of carbonyl (C=O) groups excluding carboxylic acids is 1. The maximum absolute atomic E-state index is 11.0. The lowest BCUT2D eigenvalue weighted by molar-refractivity contribution is -0.133. The third-order valence-electron chi connectivity index (χ3n) is 1.30. The van der Waals surface area contributed by atoms with Crippen molar-refractivity contribution in [1.82, 2.24) is 0 Å². The van der Waals surface area contributed by atoms with Gasteiger partial charge in [-0.25, -0.2) is 4.79 Å². The predicted octanol–water partition coefficient (Wildman–Crippen LogP) is 2.70. The summed E-state index contributed by atoms with van der Waals surface area (Å²) >= 11 is 4.75. The van der Waals surface area contributed by atoms with Crippen molar-refractivity contribution in [3.8, 4) is 0 Å². The van der Waals surface area contributed by atoms with E-state index in [1.165, 1.54) is 18.4 Å². The van der Waals surface area contributed by atoms with Gasteiger partial charge >= 0.3 is 5.97 Å². The van der Waals surface area contributed by atoms with Gasteiger partial charge in [0.1, 0.15) is 0 Å². The van der Waals surface area contributed by atoms with E-state index in [0.29, 0.717) is 5.57 Å². The molecular formula is C8H7BrO2S. The molecule has 4 heteroatoms. The van der Waals surface area contributed by atoms with Crippen LogP contribution in [0.4, 0.5) is 0 Å². The summed E-state index contributed by atoms with van der Waals surface area (Å²) in [5.74, 6) is -0.385. The van der Waals surface area contributed by atoms with Gasteiger partial charge in [-0.1, -0.05) is 6.58 Å². The van der Waals surface area contributed by atoms with E-state index in [2.05, 4.69) is 27.2 Å². The standard InChI is InChI=1S/C8H7BrO2S/c1-5(8(10)11-2)6-3-4-7(9)12-6/h3-4H,1H2,2H3. The van der Waals surface area contributed by atoms with Gasteiger partial charge in [0.2, 0.25) is 0 Å². The third-order valence-corrected chi connectivity index (χ3v) is 2.99. The summed E-state index contributed by atoms with van der Waals surface area (Å²) in [4.78, 5) is 11.8. The highest BCUT2D eigenvalue weighted by atomic mass is 79.9. The Kier molecular flexibility index (Phi) is 3.05. The number of carbonyl (C=O) groups is 1. The Morgan fingerprint density at radius 1 is 1.67 bits per heavy atom. The molecule has 1 rings (SSSR count). The number of methoxy groups -OCH3 is 1. The van der Waals surface area contributed by atoms with Gasteiger partial charge in [0.05, 0.1) is 16.5 Å². The third kappa shape index (κ3) is 1.95. The van der Waals surface area contributed by atoms with Crippen molar-refractivity contribution in [3.05, 3.63) is 27.4 Å². The molecule has 0 aliphatic carbocycles. The first-order valence-electron chi connectivity index (χ1n) is 3.18. The minimum Gasteiger partial charge on any atom is -0.465 e. The molecule has 0 atom stereocenters. The van der Waals surface area contributed by atoms with Gasteiger partial charge in [-0.15, -0.1) is 11.3 Å². The molecular weight excluding hydrogens is 240 g/mol. The molecule has 0 aromatic carbocycles. The zero-order chi connectivity index (χ0) is 9.14. The van der Waals surface area contributed by atoms with Gasteiger partial charge in [0, 0.05) is 4.88 Å². The van der Waals surface area contributed by atoms with Crippen LogP contribution in [0.2, 0.25) is 0 Å². The van der Waals surface area contributed by atoms with E-state index >= 15 is 0 Å². The first kappa shape index (κ1) is 9.48. The molecule has 0 radical (unpaired) electrons. The van der Waals surface area contributed by atoms with E-state index in [9.17, 15) is 4.79 Å². The number of hydrogen-bond donors (Lipinski definition) is 0. The summed E-state index contributed by atoms with van der Waals surface area (Å²) in [5, 5.41) is 0. The fourth-order valence-electron chi connectivity index (χ4n) is 0.700. The van der Waals surface area contributed by atoms with Crippen LogP contribution in [0, 0.1) is 0 Å². The zero-order valence-corrected chi connectivity index (χ0v) is 8.87. The molecule has 1 heterocycles. The molecule has 0 aliphatic heterocycles. The molecule has 1 aromatic rings. The largest absolute Gasteiger partial charge is 0.465 e. The second kappa shape index (κ2) is 3.87. The second-order valence-electron chi connectivity index (χ2n) is 2.07. The molecule has 0 bridgehead atoms. The van der Waals surface area contributed by atoms with Crippen LogP contribution < -0.4 is 0 Å². The molecule has 0 aliphatic rings. The molecule has 2 nitrogen and oxygen atoms in total. The Balaban J connectivity index is 2.85. The van der Waals surface area contributed by atoms with Crippen molar-refractivity contribution in [1.29, 1.82) is 0 Å². The van der Waals surface area contributed by atoms with Crippen molar-refractivity contribution in [2.75, 3.05) is 7.11 Å². The van der Waals surface area contributed by atoms with E-state index in [1.807, 2.05) is 12.1 Å². The molecule has 0 saturated heterocycles. The Morgan fingerprint density at radius 2 is 2.33 bits per heavy atom. The Labute approximate surface area is 83.0 Å². The molecule has 0 unspecified atom stereocenters. The van der Waals surface area contributed by atoms with Crippen LogP contribution in [0.3, 0.4) is 0 Å². The normalized spacial score (nSPS) is 9.50. The minimum atomic E-state index is -0.385. The summed E-state index contributed by atoms with van der Waals surface area (Å²) in [6.07, 6.45) is 0. The number of ether oxygens (including phenoxy) is 1. The van der Waals surface area contributed by atoms with E-state index in [0.717, 1.165) is 8.66 Å². The van der Waals surface area contributed by atoms with Gasteiger partial charge < -0.3 is 4.74 Å². The molecule has 12 heavy (non-hydrogen) atoms. The highest BCUT2D eigenvalue weighted by molar-refractivity contribution is 9.11. The maximum atomic E-state index is 11.0. The van der Waals surface area contributed by atoms with Gasteiger partial charge in [0.15, 0.2) is 0 Å². The van der Waals surface area contributed by atoms with Crippen LogP contribution >= 0.6 is 27.3 Å². The van der Waals surface area contributed by atoms with Crippen LogP contribution in [-0.2, 0) is 9.53 Å². The van der Waals surface area contributed by atoms with Gasteiger partial charge in [-0.05, 0) is 28.1 Å². The van der Waals surface area contributed by atoms with Crippen LogP contribution in [0.25, 0.3) is 5.57 Å². The highest BCUT2D eigenvalue weighted by Gasteiger charge is 2.10. The monoisotopic (exact) mass is 246 g/mol. The minimum absolute atomic E-state index is 0.385. The first-order chi connectivity index (χ1) is 5.65. The lowest BCUT2D eigenvalue weighted by Crippen LogP contribution is -2.00. The topological polar surface area (TPSA) is 26.3 Å². The lowest BCUT2D eigenvalue weighted by Gasteiger charge is -1.98. The first-order valence-corrected chi connectivity index (χ1v) is 4.79. The van der Waals surface area contributed by atoms with Crippen molar-refractivity contribution in [2.45, 2.75) is 0 Å². The smallest absolute Gasteiger partial charge is 0.338 e. The summed E-state index contributed by atoms with van der Waals surface area (Å²) < 4.78 is 5.50. The number of hydrogen-bond acceptors (Lipinski definition) is 3. The molecule has 0 fully saturated rings. The number of halogens is 1. The van der Waals surface area contributed by atoms with E-state index in [4.69, 9.17) is 0 Å². The Hall–Kier alpha value is -0.610. The van der Waals surface area contributed by atoms with Gasteiger partial charge in [0.25, 0.3) is 0 Å². The number of esters is 1. The fraction of sp³-hybridized carbons (Fsp3) is 0.125. The van der Waals surface area contributed by atoms with Crippen molar-refractivity contribution in [3.63, 3.8) is 0 Å². The van der Waals surface area contributed by atoms with E-state index in [1.54, 1.807) is 0 Å². The van der Waals surface area contributed by atoms with Crippen LogP contribution in [-0.4, -0.2) is 13.1 Å². The van der Waals surface area contributed by atoms with Crippen molar-refractivity contribution < 1.29 is 9.53 Å². The number of thiophene rings is 1. The Bertz CT molecular complexity index is 317. The van der Waals surface area contributed by atoms with Crippen molar-refractivity contribution in [2.24, 2.45) is 0 Å². The average molecular weight is 247 g/mol. The maximum Gasteiger partial charge on any atom is 0.338 e. The van der Waals surface area contributed by atoms with E-state index < -0.39 is 0 Å². The lowest BCUT2D eigenvalue weighted by atomic mass is 10.2. The molecule has 0 spiro atoms. The zero-order valence-electron chi connectivity index (χ0n) is 6.46. The molecule has 1 aromatic heterocycles. The van der Waals surface area contributed by atoms with Crippen LogP contribution in [0.15, 0.2) is 22.5 Å². The molecule has 0 saturated carbocycles. The summed E-state index contributed by atoms with van der Waals surface area (Å²) in [6, 6.07) is 3.70. The van der Waals surface area contributed by atoms with Crippen LogP contribution in [0.5, 0.6) is 0 Å².